The van der Waals surface area contributed by atoms with Crippen molar-refractivity contribution >= 4 is 34.6 Å². The van der Waals surface area contributed by atoms with Crippen LogP contribution in [0.2, 0.25) is 0 Å². The fourth-order valence-corrected chi connectivity index (χ4v) is 3.59. The van der Waals surface area contributed by atoms with Gasteiger partial charge in [-0.25, -0.2) is 9.78 Å². The Kier molecular flexibility index (Phi) is 8.35. The number of rotatable bonds is 11. The van der Waals surface area contributed by atoms with Crippen LogP contribution in [0.5, 0.6) is 0 Å². The highest BCUT2D eigenvalue weighted by molar-refractivity contribution is 5.96. The van der Waals surface area contributed by atoms with Crippen molar-refractivity contribution in [3.8, 4) is 0 Å². The number of amides is 3. The first kappa shape index (κ1) is 25.2. The standard InChI is InChI=1S/C23H26N6O6/c24-19(31)10-4-3-9-18(29(12-13-30)23(34)35)21(32)27-17-8-5-11-28(22(17)33)14-20-25-15-6-1-2-7-16(15)26-20/h1-2,4-8,10-11,18,30H,3,9,12-14H2,(H2,24,31)(H,25,26)(H,27,32)(H,34,35). The number of allylic oxidation sites excluding steroid dienone is 1. The first-order valence-corrected chi connectivity index (χ1v) is 10.8. The monoisotopic (exact) mass is 482 g/mol. The van der Waals surface area contributed by atoms with Crippen LogP contribution in [0.4, 0.5) is 10.5 Å². The Morgan fingerprint density at radius 3 is 2.69 bits per heavy atom. The number of carbonyl (C=O) groups excluding carboxylic acids is 2. The SMILES string of the molecule is NC(=O)C=CCCC(C(=O)Nc1cccn(Cc2nc3ccccc3[nH]2)c1=O)N(CCO)C(=O)O. The minimum atomic E-state index is -1.41. The van der Waals surface area contributed by atoms with Gasteiger partial charge in [-0.2, -0.15) is 0 Å². The highest BCUT2D eigenvalue weighted by atomic mass is 16.4. The van der Waals surface area contributed by atoms with Crippen LogP contribution in [0, 0.1) is 0 Å². The highest BCUT2D eigenvalue weighted by Crippen LogP contribution is 2.13. The third-order valence-corrected chi connectivity index (χ3v) is 5.19. The number of pyridine rings is 1. The van der Waals surface area contributed by atoms with Crippen molar-refractivity contribution in [1.29, 1.82) is 0 Å². The molecule has 0 bridgehead atoms. The van der Waals surface area contributed by atoms with Crippen LogP contribution >= 0.6 is 0 Å². The number of anilines is 1. The number of imidazole rings is 1. The number of carboxylic acid groups (broad SMARTS) is 1. The second-order valence-corrected chi connectivity index (χ2v) is 7.64. The van der Waals surface area contributed by atoms with E-state index in [0.717, 1.165) is 22.0 Å². The van der Waals surface area contributed by atoms with Crippen molar-refractivity contribution < 1.29 is 24.6 Å². The molecule has 3 rings (SSSR count). The number of carbonyl (C=O) groups is 3. The van der Waals surface area contributed by atoms with E-state index < -0.39 is 36.1 Å². The summed E-state index contributed by atoms with van der Waals surface area (Å²) < 4.78 is 1.36. The Balaban J connectivity index is 1.81. The number of aromatic amines is 1. The molecule has 2 heterocycles. The van der Waals surface area contributed by atoms with Gasteiger partial charge in [0, 0.05) is 12.7 Å². The lowest BCUT2D eigenvalue weighted by atomic mass is 10.1. The molecule has 3 amide bonds. The van der Waals surface area contributed by atoms with Gasteiger partial charge in [0.25, 0.3) is 5.56 Å². The van der Waals surface area contributed by atoms with E-state index in [0.29, 0.717) is 5.82 Å². The van der Waals surface area contributed by atoms with Crippen LogP contribution in [0.1, 0.15) is 18.7 Å². The summed E-state index contributed by atoms with van der Waals surface area (Å²) >= 11 is 0. The lowest BCUT2D eigenvalue weighted by molar-refractivity contribution is -0.121. The van der Waals surface area contributed by atoms with Gasteiger partial charge in [-0.05, 0) is 43.2 Å². The van der Waals surface area contributed by atoms with Crippen molar-refractivity contribution in [2.45, 2.75) is 25.4 Å². The molecule has 12 heteroatoms. The first-order chi connectivity index (χ1) is 16.8. The van der Waals surface area contributed by atoms with Gasteiger partial charge in [0.15, 0.2) is 0 Å². The number of aliphatic hydroxyl groups is 1. The summed E-state index contributed by atoms with van der Waals surface area (Å²) in [6, 6.07) is 9.19. The number of hydrogen-bond donors (Lipinski definition) is 5. The number of primary amides is 1. The highest BCUT2D eigenvalue weighted by Gasteiger charge is 2.29. The molecule has 3 aromatic rings. The second kappa shape index (κ2) is 11.6. The summed E-state index contributed by atoms with van der Waals surface area (Å²) in [6.45, 7) is -0.675. The van der Waals surface area contributed by atoms with Gasteiger partial charge in [-0.1, -0.05) is 18.2 Å². The molecular weight excluding hydrogens is 456 g/mol. The molecule has 1 aromatic carbocycles. The Morgan fingerprint density at radius 1 is 1.23 bits per heavy atom. The lowest BCUT2D eigenvalue weighted by Crippen LogP contribution is -2.48. The number of aliphatic hydroxyl groups excluding tert-OH is 1. The number of fused-ring (bicyclic) bond motifs is 1. The molecule has 184 valence electrons. The number of nitrogens with two attached hydrogens (primary N) is 1. The Bertz CT molecular complexity index is 1260. The molecule has 2 aromatic heterocycles. The molecule has 0 fully saturated rings. The van der Waals surface area contributed by atoms with Crippen molar-refractivity contribution in [3.05, 3.63) is 70.9 Å². The van der Waals surface area contributed by atoms with E-state index in [9.17, 15) is 29.4 Å². The van der Waals surface area contributed by atoms with Crippen molar-refractivity contribution in [2.75, 3.05) is 18.5 Å². The van der Waals surface area contributed by atoms with Gasteiger partial charge in [-0.15, -0.1) is 0 Å². The van der Waals surface area contributed by atoms with E-state index in [1.54, 1.807) is 12.3 Å². The minimum absolute atomic E-state index is 0.00191. The maximum absolute atomic E-state index is 13.0. The predicted molar refractivity (Wildman–Crippen MR) is 128 cm³/mol. The third-order valence-electron chi connectivity index (χ3n) is 5.19. The van der Waals surface area contributed by atoms with E-state index in [-0.39, 0.29) is 31.6 Å². The third kappa shape index (κ3) is 6.54. The summed E-state index contributed by atoms with van der Waals surface area (Å²) in [5.41, 5.74) is 6.09. The molecule has 0 aliphatic carbocycles. The molecule has 0 saturated carbocycles. The summed E-state index contributed by atoms with van der Waals surface area (Å²) in [6.07, 6.45) is 2.84. The zero-order valence-electron chi connectivity index (χ0n) is 18.8. The van der Waals surface area contributed by atoms with E-state index >= 15 is 0 Å². The van der Waals surface area contributed by atoms with Crippen LogP contribution < -0.4 is 16.6 Å². The second-order valence-electron chi connectivity index (χ2n) is 7.64. The van der Waals surface area contributed by atoms with Gasteiger partial charge in [0.1, 0.15) is 17.6 Å². The number of H-pyrrole nitrogens is 1. The Labute approximate surface area is 199 Å². The maximum atomic E-state index is 13.0. The molecule has 0 spiro atoms. The quantitative estimate of drug-likeness (QED) is 0.251. The Morgan fingerprint density at radius 2 is 2.00 bits per heavy atom. The molecule has 6 N–H and O–H groups in total. The van der Waals surface area contributed by atoms with Gasteiger partial charge in [0.2, 0.25) is 11.8 Å². The maximum Gasteiger partial charge on any atom is 0.408 e. The van der Waals surface area contributed by atoms with Crippen LogP contribution in [-0.2, 0) is 16.1 Å². The number of para-hydroxylation sites is 2. The minimum Gasteiger partial charge on any atom is -0.465 e. The predicted octanol–water partition coefficient (Wildman–Crippen LogP) is 0.874. The van der Waals surface area contributed by atoms with Crippen LogP contribution in [-0.4, -0.2) is 66.7 Å². The molecule has 0 saturated heterocycles. The van der Waals surface area contributed by atoms with Gasteiger partial charge in [-0.3, -0.25) is 19.3 Å². The zero-order valence-corrected chi connectivity index (χ0v) is 18.8. The molecule has 0 aliphatic heterocycles. The number of hydrogen-bond acceptors (Lipinski definition) is 6. The summed E-state index contributed by atoms with van der Waals surface area (Å²) in [4.78, 5) is 57.0. The topological polar surface area (TPSA) is 184 Å². The molecule has 35 heavy (non-hydrogen) atoms. The molecule has 0 aliphatic rings. The van der Waals surface area contributed by atoms with E-state index in [4.69, 9.17) is 5.73 Å². The number of aromatic nitrogens is 3. The average molecular weight is 482 g/mol. The molecular formula is C23H26N6O6. The summed E-state index contributed by atoms with van der Waals surface area (Å²) in [5.74, 6) is -0.867. The number of nitrogens with zero attached hydrogens (tertiary/aromatic N) is 3. The largest absolute Gasteiger partial charge is 0.465 e. The van der Waals surface area contributed by atoms with E-state index in [2.05, 4.69) is 15.3 Å². The van der Waals surface area contributed by atoms with Gasteiger partial charge < -0.3 is 30.8 Å². The molecule has 1 atom stereocenters. The van der Waals surface area contributed by atoms with Crippen LogP contribution in [0.3, 0.4) is 0 Å². The number of nitrogens with one attached hydrogen (secondary N) is 2. The smallest absolute Gasteiger partial charge is 0.408 e. The summed E-state index contributed by atoms with van der Waals surface area (Å²) in [5, 5.41) is 21.3. The van der Waals surface area contributed by atoms with Crippen molar-refractivity contribution in [1.82, 2.24) is 19.4 Å². The molecule has 12 nitrogen and oxygen atoms in total. The van der Waals surface area contributed by atoms with Gasteiger partial charge in [0.05, 0.1) is 24.2 Å². The van der Waals surface area contributed by atoms with E-state index in [1.807, 2.05) is 24.3 Å². The van der Waals surface area contributed by atoms with Crippen LogP contribution in [0.15, 0.2) is 59.5 Å². The number of benzene rings is 1. The van der Waals surface area contributed by atoms with Crippen molar-refractivity contribution in [3.63, 3.8) is 0 Å². The zero-order chi connectivity index (χ0) is 25.4. The van der Waals surface area contributed by atoms with Gasteiger partial charge >= 0.3 is 6.09 Å². The Hall–Kier alpha value is -4.45. The van der Waals surface area contributed by atoms with E-state index in [1.165, 1.54) is 16.7 Å². The fourth-order valence-electron chi connectivity index (χ4n) is 3.59. The fraction of sp³-hybridized carbons (Fsp3) is 0.261. The first-order valence-electron chi connectivity index (χ1n) is 10.8. The van der Waals surface area contributed by atoms with Crippen LogP contribution in [0.25, 0.3) is 11.0 Å². The van der Waals surface area contributed by atoms with Crippen molar-refractivity contribution in [2.24, 2.45) is 5.73 Å². The normalized spacial score (nSPS) is 12.0. The lowest BCUT2D eigenvalue weighted by Gasteiger charge is -2.27. The molecule has 0 radical (unpaired) electrons. The summed E-state index contributed by atoms with van der Waals surface area (Å²) in [7, 11) is 0. The average Bonchev–Trinajstić information content (AvgIpc) is 3.22. The molecule has 1 unspecified atom stereocenters.